The fourth-order valence-corrected chi connectivity index (χ4v) is 2.97. The molecule has 1 aromatic heterocycles. The molecule has 0 spiro atoms. The molecule has 1 fully saturated rings. The number of carbonyl (C=O) groups is 1. The summed E-state index contributed by atoms with van der Waals surface area (Å²) in [4.78, 5) is 23.0. The second kappa shape index (κ2) is 6.43. The molecule has 0 radical (unpaired) electrons. The van der Waals surface area contributed by atoms with Gasteiger partial charge in [0.2, 0.25) is 0 Å². The maximum atomic E-state index is 11.9. The highest BCUT2D eigenvalue weighted by molar-refractivity contribution is 6.32. The van der Waals surface area contributed by atoms with Crippen LogP contribution in [0.5, 0.6) is 0 Å². The lowest BCUT2D eigenvalue weighted by Gasteiger charge is -2.22. The van der Waals surface area contributed by atoms with Crippen molar-refractivity contribution in [3.8, 4) is 0 Å². The van der Waals surface area contributed by atoms with Crippen molar-refractivity contribution in [1.29, 1.82) is 0 Å². The van der Waals surface area contributed by atoms with E-state index in [4.69, 9.17) is 16.3 Å². The second-order valence-electron chi connectivity index (χ2n) is 6.90. The van der Waals surface area contributed by atoms with Crippen LogP contribution < -0.4 is 10.2 Å². The van der Waals surface area contributed by atoms with Gasteiger partial charge in [0, 0.05) is 13.1 Å². The quantitative estimate of drug-likeness (QED) is 0.901. The van der Waals surface area contributed by atoms with Crippen LogP contribution in [-0.2, 0) is 4.74 Å². The van der Waals surface area contributed by atoms with Crippen LogP contribution in [0.1, 0.15) is 27.2 Å². The largest absolute Gasteiger partial charge is 0.444 e. The van der Waals surface area contributed by atoms with Crippen LogP contribution in [0.3, 0.4) is 0 Å². The second-order valence-corrected chi connectivity index (χ2v) is 7.26. The van der Waals surface area contributed by atoms with E-state index in [2.05, 4.69) is 15.3 Å². The van der Waals surface area contributed by atoms with Crippen molar-refractivity contribution in [2.75, 3.05) is 18.0 Å². The van der Waals surface area contributed by atoms with E-state index in [9.17, 15) is 4.79 Å². The number of benzene rings is 1. The maximum Gasteiger partial charge on any atom is 0.407 e. The predicted octanol–water partition coefficient (Wildman–Crippen LogP) is 3.39. The van der Waals surface area contributed by atoms with Gasteiger partial charge in [-0.1, -0.05) is 23.7 Å². The summed E-state index contributed by atoms with van der Waals surface area (Å²) < 4.78 is 5.30. The molecule has 7 heteroatoms. The molecule has 2 aromatic rings. The molecule has 1 atom stereocenters. The Kier molecular flexibility index (Phi) is 4.49. The lowest BCUT2D eigenvalue weighted by molar-refractivity contribution is 0.0509. The summed E-state index contributed by atoms with van der Waals surface area (Å²) in [6.45, 7) is 6.92. The Labute approximate surface area is 146 Å². The molecule has 6 nitrogen and oxygen atoms in total. The lowest BCUT2D eigenvalue weighted by atomic mass is 10.2. The van der Waals surface area contributed by atoms with E-state index < -0.39 is 11.7 Å². The summed E-state index contributed by atoms with van der Waals surface area (Å²) in [6, 6.07) is 7.63. The number of nitrogens with zero attached hydrogens (tertiary/aromatic N) is 3. The first-order valence-electron chi connectivity index (χ1n) is 7.98. The fraction of sp³-hybridized carbons (Fsp3) is 0.471. The SMILES string of the molecule is CC(C)(C)OC(=O)NC1CCN(c2nc3ccccc3nc2Cl)C1. The van der Waals surface area contributed by atoms with E-state index in [0.717, 1.165) is 24.0 Å². The number of alkyl carbamates (subject to hydrolysis) is 1. The van der Waals surface area contributed by atoms with Crippen molar-refractivity contribution in [1.82, 2.24) is 15.3 Å². The first-order valence-corrected chi connectivity index (χ1v) is 8.36. The molecule has 1 aliphatic rings. The minimum atomic E-state index is -0.504. The zero-order valence-corrected chi connectivity index (χ0v) is 14.8. The van der Waals surface area contributed by atoms with Gasteiger partial charge in [-0.2, -0.15) is 0 Å². The molecule has 0 aliphatic carbocycles. The van der Waals surface area contributed by atoms with Crippen LogP contribution in [0.15, 0.2) is 24.3 Å². The van der Waals surface area contributed by atoms with Gasteiger partial charge in [-0.15, -0.1) is 0 Å². The van der Waals surface area contributed by atoms with E-state index in [1.807, 2.05) is 49.9 Å². The summed E-state index contributed by atoms with van der Waals surface area (Å²) in [5.41, 5.74) is 1.07. The van der Waals surface area contributed by atoms with Crippen LogP contribution in [0, 0.1) is 0 Å². The molecule has 1 aliphatic heterocycles. The highest BCUT2D eigenvalue weighted by atomic mass is 35.5. The first-order chi connectivity index (χ1) is 11.3. The van der Waals surface area contributed by atoms with E-state index in [1.54, 1.807) is 0 Å². The Balaban J connectivity index is 1.69. The minimum Gasteiger partial charge on any atom is -0.444 e. The number of nitrogens with one attached hydrogen (secondary N) is 1. The monoisotopic (exact) mass is 348 g/mol. The van der Waals surface area contributed by atoms with Gasteiger partial charge in [0.25, 0.3) is 0 Å². The number of hydrogen-bond acceptors (Lipinski definition) is 5. The number of amides is 1. The molecule has 1 amide bonds. The highest BCUT2D eigenvalue weighted by Gasteiger charge is 2.28. The van der Waals surface area contributed by atoms with Gasteiger partial charge in [-0.3, -0.25) is 0 Å². The Hall–Kier alpha value is -2.08. The van der Waals surface area contributed by atoms with Crippen LogP contribution in [-0.4, -0.2) is 40.8 Å². The number of ether oxygens (including phenoxy) is 1. The number of halogens is 1. The number of rotatable bonds is 2. The third kappa shape index (κ3) is 3.87. The Bertz CT molecular complexity index is 760. The molecule has 24 heavy (non-hydrogen) atoms. The Morgan fingerprint density at radius 3 is 2.62 bits per heavy atom. The molecule has 1 saturated heterocycles. The van der Waals surface area contributed by atoms with Crippen molar-refractivity contribution >= 4 is 34.5 Å². The molecule has 1 N–H and O–H groups in total. The van der Waals surface area contributed by atoms with Crippen molar-refractivity contribution in [2.45, 2.75) is 38.8 Å². The summed E-state index contributed by atoms with van der Waals surface area (Å²) in [5, 5.41) is 3.28. The fourth-order valence-electron chi connectivity index (χ4n) is 2.72. The predicted molar refractivity (Wildman–Crippen MR) is 94.5 cm³/mol. The molecule has 0 bridgehead atoms. The van der Waals surface area contributed by atoms with Crippen LogP contribution >= 0.6 is 11.6 Å². The Morgan fingerprint density at radius 2 is 1.96 bits per heavy atom. The van der Waals surface area contributed by atoms with Gasteiger partial charge in [-0.25, -0.2) is 14.8 Å². The maximum absolute atomic E-state index is 11.9. The summed E-state index contributed by atoms with van der Waals surface area (Å²) >= 11 is 6.30. The van der Waals surface area contributed by atoms with Crippen molar-refractivity contribution in [2.24, 2.45) is 0 Å². The molecular weight excluding hydrogens is 328 g/mol. The standard InChI is InChI=1S/C17H21ClN4O2/c1-17(2,3)24-16(23)19-11-8-9-22(10-11)15-14(18)20-12-6-4-5-7-13(12)21-15/h4-7,11H,8-10H2,1-3H3,(H,19,23). The number of carbonyl (C=O) groups excluding carboxylic acids is 1. The third-order valence-corrected chi connectivity index (χ3v) is 3.97. The van der Waals surface area contributed by atoms with E-state index in [1.165, 1.54) is 0 Å². The van der Waals surface area contributed by atoms with Gasteiger partial charge in [0.05, 0.1) is 17.1 Å². The van der Waals surface area contributed by atoms with Gasteiger partial charge < -0.3 is 15.0 Å². The van der Waals surface area contributed by atoms with Gasteiger partial charge >= 0.3 is 6.09 Å². The first kappa shape index (κ1) is 16.8. The Morgan fingerprint density at radius 1 is 1.29 bits per heavy atom. The lowest BCUT2D eigenvalue weighted by Crippen LogP contribution is -2.40. The molecule has 1 aromatic carbocycles. The summed E-state index contributed by atoms with van der Waals surface area (Å²) in [7, 11) is 0. The molecule has 2 heterocycles. The van der Waals surface area contributed by atoms with E-state index in [-0.39, 0.29) is 6.04 Å². The average Bonchev–Trinajstić information content (AvgIpc) is 2.92. The van der Waals surface area contributed by atoms with Gasteiger partial charge in [0.15, 0.2) is 11.0 Å². The summed E-state index contributed by atoms with van der Waals surface area (Å²) in [5.74, 6) is 0.656. The van der Waals surface area contributed by atoms with Gasteiger partial charge in [-0.05, 0) is 39.3 Å². The normalized spacial score (nSPS) is 18.0. The van der Waals surface area contributed by atoms with Crippen LogP contribution in [0.4, 0.5) is 10.6 Å². The van der Waals surface area contributed by atoms with E-state index >= 15 is 0 Å². The summed E-state index contributed by atoms with van der Waals surface area (Å²) in [6.07, 6.45) is 0.411. The smallest absolute Gasteiger partial charge is 0.407 e. The van der Waals surface area contributed by atoms with Crippen LogP contribution in [0.25, 0.3) is 11.0 Å². The van der Waals surface area contributed by atoms with E-state index in [0.29, 0.717) is 17.5 Å². The van der Waals surface area contributed by atoms with Gasteiger partial charge in [0.1, 0.15) is 5.60 Å². The number of para-hydroxylation sites is 2. The molecule has 128 valence electrons. The topological polar surface area (TPSA) is 67.3 Å². The molecular formula is C17H21ClN4O2. The number of hydrogen-bond donors (Lipinski definition) is 1. The highest BCUT2D eigenvalue weighted by Crippen LogP contribution is 2.27. The number of aromatic nitrogens is 2. The number of fused-ring (bicyclic) bond motifs is 1. The third-order valence-electron chi connectivity index (χ3n) is 3.72. The zero-order valence-electron chi connectivity index (χ0n) is 14.0. The molecule has 0 saturated carbocycles. The van der Waals surface area contributed by atoms with Crippen molar-refractivity contribution < 1.29 is 9.53 Å². The number of anilines is 1. The average molecular weight is 349 g/mol. The van der Waals surface area contributed by atoms with Crippen molar-refractivity contribution in [3.05, 3.63) is 29.4 Å². The van der Waals surface area contributed by atoms with Crippen LogP contribution in [0.2, 0.25) is 5.15 Å². The zero-order chi connectivity index (χ0) is 17.3. The van der Waals surface area contributed by atoms with Crippen molar-refractivity contribution in [3.63, 3.8) is 0 Å². The molecule has 1 unspecified atom stereocenters. The molecule has 3 rings (SSSR count). The minimum absolute atomic E-state index is 0.00388.